The summed E-state index contributed by atoms with van der Waals surface area (Å²) in [6.07, 6.45) is 21.9. The molecule has 0 aromatic carbocycles. The zero-order chi connectivity index (χ0) is 23.4. The molecule has 182 valence electrons. The Morgan fingerprint density at radius 3 is 1.90 bits per heavy atom. The highest BCUT2D eigenvalue weighted by Crippen LogP contribution is 2.17. The number of esters is 1. The number of allylic oxidation sites excluding steroid dienone is 2. The summed E-state index contributed by atoms with van der Waals surface area (Å²) in [6.45, 7) is 6.51. The molecule has 5 heteroatoms. The van der Waals surface area contributed by atoms with Crippen molar-refractivity contribution in [1.29, 1.82) is 0 Å². The molecule has 0 saturated carbocycles. The summed E-state index contributed by atoms with van der Waals surface area (Å²) < 4.78 is 5.23. The predicted octanol–water partition coefficient (Wildman–Crippen LogP) is 6.15. The van der Waals surface area contributed by atoms with Crippen LogP contribution in [0.5, 0.6) is 0 Å². The number of nitrogens with zero attached hydrogens (tertiary/aromatic N) is 1. The van der Waals surface area contributed by atoms with Gasteiger partial charge < -0.3 is 15.4 Å². The molecule has 2 N–H and O–H groups in total. The van der Waals surface area contributed by atoms with E-state index in [1.165, 1.54) is 62.7 Å². The van der Waals surface area contributed by atoms with Crippen LogP contribution < -0.4 is 5.73 Å². The van der Waals surface area contributed by atoms with Crippen molar-refractivity contribution in [2.45, 2.75) is 123 Å². The Balaban J connectivity index is 3.74. The average Bonchev–Trinajstić information content (AvgIpc) is 2.75. The second-order valence-corrected chi connectivity index (χ2v) is 9.12. The molecule has 0 aliphatic rings. The van der Waals surface area contributed by atoms with Crippen LogP contribution in [0.25, 0.3) is 0 Å². The maximum absolute atomic E-state index is 12.4. The van der Waals surface area contributed by atoms with Crippen molar-refractivity contribution in [3.63, 3.8) is 0 Å². The zero-order valence-electron chi connectivity index (χ0n) is 20.9. The van der Waals surface area contributed by atoms with E-state index >= 15 is 0 Å². The van der Waals surface area contributed by atoms with Crippen LogP contribution in [0, 0.1) is 0 Å². The highest BCUT2D eigenvalue weighted by atomic mass is 16.5. The summed E-state index contributed by atoms with van der Waals surface area (Å²) in [5.74, 6) is -0.375. The Bertz CT molecular complexity index is 489. The fraction of sp³-hybridized carbons (Fsp3) is 0.846. The summed E-state index contributed by atoms with van der Waals surface area (Å²) in [5.41, 5.74) is 4.47. The first kappa shape index (κ1) is 29.6. The van der Waals surface area contributed by atoms with E-state index in [2.05, 4.69) is 19.1 Å². The van der Waals surface area contributed by atoms with E-state index < -0.39 is 5.54 Å². The number of rotatable bonds is 20. The third-order valence-electron chi connectivity index (χ3n) is 5.95. The third-order valence-corrected chi connectivity index (χ3v) is 5.95. The molecule has 0 rings (SSSR count). The molecular formula is C26H50N2O3. The molecule has 0 radical (unpaired) electrons. The Morgan fingerprint density at radius 1 is 0.839 bits per heavy atom. The lowest BCUT2D eigenvalue weighted by atomic mass is 10.0. The molecule has 0 aliphatic carbocycles. The number of hydrogen-bond donors (Lipinski definition) is 1. The summed E-state index contributed by atoms with van der Waals surface area (Å²) in [6, 6.07) is 0. The lowest BCUT2D eigenvalue weighted by molar-refractivity contribution is -0.160. The Labute approximate surface area is 192 Å². The monoisotopic (exact) mass is 438 g/mol. The van der Waals surface area contributed by atoms with E-state index in [4.69, 9.17) is 10.5 Å². The third kappa shape index (κ3) is 15.1. The van der Waals surface area contributed by atoms with Crippen molar-refractivity contribution in [3.8, 4) is 0 Å². The first-order valence-corrected chi connectivity index (χ1v) is 12.7. The number of amides is 1. The van der Waals surface area contributed by atoms with Gasteiger partial charge in [-0.1, -0.05) is 70.4 Å². The van der Waals surface area contributed by atoms with Gasteiger partial charge in [0.05, 0.1) is 6.61 Å². The van der Waals surface area contributed by atoms with Crippen LogP contribution in [-0.4, -0.2) is 42.5 Å². The minimum Gasteiger partial charge on any atom is -0.464 e. The maximum atomic E-state index is 12.4. The van der Waals surface area contributed by atoms with Crippen molar-refractivity contribution in [1.82, 2.24) is 4.90 Å². The normalized spacial score (nSPS) is 11.8. The fourth-order valence-electron chi connectivity index (χ4n) is 3.39. The predicted molar refractivity (Wildman–Crippen MR) is 131 cm³/mol. The topological polar surface area (TPSA) is 72.6 Å². The molecule has 0 spiro atoms. The molecule has 31 heavy (non-hydrogen) atoms. The van der Waals surface area contributed by atoms with Gasteiger partial charge in [-0.05, 0) is 58.9 Å². The number of ether oxygens (including phenoxy) is 1. The van der Waals surface area contributed by atoms with Gasteiger partial charge in [0, 0.05) is 13.5 Å². The Hall–Kier alpha value is -1.36. The van der Waals surface area contributed by atoms with Gasteiger partial charge in [0.15, 0.2) is 0 Å². The van der Waals surface area contributed by atoms with Gasteiger partial charge in [-0.3, -0.25) is 4.79 Å². The van der Waals surface area contributed by atoms with Gasteiger partial charge in [-0.25, -0.2) is 4.79 Å². The quantitative estimate of drug-likeness (QED) is 0.140. The number of unbranched alkanes of at least 4 members (excludes halogenated alkanes) is 11. The second kappa shape index (κ2) is 19.3. The molecule has 5 nitrogen and oxygen atoms in total. The van der Waals surface area contributed by atoms with Gasteiger partial charge in [0.1, 0.15) is 5.54 Å². The number of hydrogen-bond acceptors (Lipinski definition) is 4. The Kier molecular flexibility index (Phi) is 18.5. The van der Waals surface area contributed by atoms with Gasteiger partial charge in [-0.15, -0.1) is 0 Å². The van der Waals surface area contributed by atoms with E-state index in [-0.39, 0.29) is 11.9 Å². The van der Waals surface area contributed by atoms with E-state index in [1.807, 2.05) is 0 Å². The molecule has 0 aromatic heterocycles. The lowest BCUT2D eigenvalue weighted by Gasteiger charge is -2.33. The molecule has 0 unspecified atom stereocenters. The minimum absolute atomic E-state index is 0.00148. The summed E-state index contributed by atoms with van der Waals surface area (Å²) in [7, 11) is 1.68. The highest BCUT2D eigenvalue weighted by Gasteiger charge is 2.36. The standard InChI is InChI=1S/C26H50N2O3/c1-5-6-7-8-9-10-11-12-13-14-15-16-17-18-19-21-24(29)28(4)26(2,3)25(30)31-23-20-22-27/h12-13H,5-11,14-23,27H2,1-4H3/b13-12-. The van der Waals surface area contributed by atoms with Crippen LogP contribution in [0.4, 0.5) is 0 Å². The lowest BCUT2D eigenvalue weighted by Crippen LogP contribution is -2.51. The number of likely N-dealkylation sites (N-methyl/N-ethyl adjacent to an activating group) is 1. The molecule has 0 saturated heterocycles. The zero-order valence-corrected chi connectivity index (χ0v) is 20.9. The smallest absolute Gasteiger partial charge is 0.331 e. The fourth-order valence-corrected chi connectivity index (χ4v) is 3.39. The van der Waals surface area contributed by atoms with Crippen molar-refractivity contribution in [2.75, 3.05) is 20.2 Å². The SMILES string of the molecule is CCCCCCCC/C=C\CCCCCCCC(=O)N(C)C(C)(C)C(=O)OCCCN. The van der Waals surface area contributed by atoms with E-state index in [0.717, 1.165) is 25.7 Å². The van der Waals surface area contributed by atoms with E-state index in [0.29, 0.717) is 26.0 Å². The summed E-state index contributed by atoms with van der Waals surface area (Å²) >= 11 is 0. The maximum Gasteiger partial charge on any atom is 0.331 e. The van der Waals surface area contributed by atoms with Crippen molar-refractivity contribution in [3.05, 3.63) is 12.2 Å². The van der Waals surface area contributed by atoms with Crippen molar-refractivity contribution in [2.24, 2.45) is 5.73 Å². The first-order valence-electron chi connectivity index (χ1n) is 12.7. The molecule has 1 amide bonds. The first-order chi connectivity index (χ1) is 14.9. The van der Waals surface area contributed by atoms with Crippen LogP contribution in [-0.2, 0) is 14.3 Å². The van der Waals surface area contributed by atoms with Gasteiger partial charge in [0.2, 0.25) is 5.91 Å². The van der Waals surface area contributed by atoms with Gasteiger partial charge in [-0.2, -0.15) is 0 Å². The molecule has 0 fully saturated rings. The van der Waals surface area contributed by atoms with Crippen LogP contribution in [0.3, 0.4) is 0 Å². The number of carbonyl (C=O) groups is 2. The van der Waals surface area contributed by atoms with E-state index in [1.54, 1.807) is 20.9 Å². The molecule has 0 atom stereocenters. The summed E-state index contributed by atoms with van der Waals surface area (Å²) in [5, 5.41) is 0. The van der Waals surface area contributed by atoms with Gasteiger partial charge in [0.25, 0.3) is 0 Å². The number of carbonyl (C=O) groups excluding carboxylic acids is 2. The summed E-state index contributed by atoms with van der Waals surface area (Å²) in [4.78, 5) is 26.2. The largest absolute Gasteiger partial charge is 0.464 e. The molecule has 0 aromatic rings. The van der Waals surface area contributed by atoms with Crippen LogP contribution in [0.15, 0.2) is 12.2 Å². The van der Waals surface area contributed by atoms with Crippen molar-refractivity contribution >= 4 is 11.9 Å². The van der Waals surface area contributed by atoms with Gasteiger partial charge >= 0.3 is 5.97 Å². The van der Waals surface area contributed by atoms with Crippen LogP contribution >= 0.6 is 0 Å². The molecular weight excluding hydrogens is 388 g/mol. The molecule has 0 heterocycles. The Morgan fingerprint density at radius 2 is 1.35 bits per heavy atom. The van der Waals surface area contributed by atoms with Crippen LogP contribution in [0.2, 0.25) is 0 Å². The highest BCUT2D eigenvalue weighted by molar-refractivity contribution is 5.87. The average molecular weight is 439 g/mol. The van der Waals surface area contributed by atoms with Crippen LogP contribution in [0.1, 0.15) is 117 Å². The van der Waals surface area contributed by atoms with Crippen molar-refractivity contribution < 1.29 is 14.3 Å². The molecule has 0 bridgehead atoms. The molecule has 0 aliphatic heterocycles. The number of nitrogens with two attached hydrogens (primary N) is 1. The van der Waals surface area contributed by atoms with E-state index in [9.17, 15) is 9.59 Å². The second-order valence-electron chi connectivity index (χ2n) is 9.12. The minimum atomic E-state index is -0.951.